The van der Waals surface area contributed by atoms with Crippen LogP contribution in [0.2, 0.25) is 0 Å². The van der Waals surface area contributed by atoms with Crippen LogP contribution in [0.4, 0.5) is 0 Å². The number of aryl methyl sites for hydroxylation is 1. The fourth-order valence-electron chi connectivity index (χ4n) is 1.24. The molecule has 0 aliphatic carbocycles. The lowest BCUT2D eigenvalue weighted by atomic mass is 10.2. The van der Waals surface area contributed by atoms with Crippen LogP contribution < -0.4 is 5.82 Å². The van der Waals surface area contributed by atoms with Gasteiger partial charge in [0.05, 0.1) is 0 Å². The lowest BCUT2D eigenvalue weighted by Gasteiger charge is -2.01. The molecule has 0 bridgehead atoms. The van der Waals surface area contributed by atoms with Crippen molar-refractivity contribution in [3.8, 4) is 0 Å². The minimum absolute atomic E-state index is 0.0392. The summed E-state index contributed by atoms with van der Waals surface area (Å²) in [7, 11) is 0. The molecular weight excluding hydrogens is 212 g/mol. The Morgan fingerprint density at radius 1 is 1.31 bits per heavy atom. The van der Waals surface area contributed by atoms with Crippen molar-refractivity contribution in [1.82, 2.24) is 0 Å². The lowest BCUT2D eigenvalue weighted by molar-refractivity contribution is -0.145. The number of esters is 1. The summed E-state index contributed by atoms with van der Waals surface area (Å²) in [5.74, 6) is -0.425. The van der Waals surface area contributed by atoms with Gasteiger partial charge in [-0.25, -0.2) is 4.79 Å². The quantitative estimate of drug-likeness (QED) is 0.551. The molecule has 1 aromatic rings. The summed E-state index contributed by atoms with van der Waals surface area (Å²) in [5.41, 5.74) is 0. The highest BCUT2D eigenvalue weighted by molar-refractivity contribution is 5.69. The number of carbonyl (C=O) groups excluding carboxylic acids is 1. The largest absolute Gasteiger partial charge is 0.519 e. The maximum atomic E-state index is 11.2. The van der Waals surface area contributed by atoms with E-state index < -0.39 is 5.82 Å². The van der Waals surface area contributed by atoms with Gasteiger partial charge in [-0.1, -0.05) is 19.8 Å². The summed E-state index contributed by atoms with van der Waals surface area (Å²) in [5, 5.41) is 0. The standard InChI is InChI=1S/C11H16O5/c1-3-4-5-6-10(12)14-7-9-8(2)15-11(13)16-9/h3-7H2,1-2H3. The van der Waals surface area contributed by atoms with Crippen molar-refractivity contribution in [3.05, 3.63) is 22.1 Å². The van der Waals surface area contributed by atoms with Gasteiger partial charge in [0.25, 0.3) is 0 Å². The van der Waals surface area contributed by atoms with E-state index in [4.69, 9.17) is 9.15 Å². The monoisotopic (exact) mass is 228 g/mol. The smallest absolute Gasteiger partial charge is 0.457 e. The Balaban J connectivity index is 2.31. The fourth-order valence-corrected chi connectivity index (χ4v) is 1.24. The van der Waals surface area contributed by atoms with Gasteiger partial charge in [-0.05, 0) is 13.3 Å². The van der Waals surface area contributed by atoms with Gasteiger partial charge in [0, 0.05) is 6.42 Å². The van der Waals surface area contributed by atoms with Crippen LogP contribution in [-0.4, -0.2) is 5.97 Å². The second kappa shape index (κ2) is 6.15. The molecule has 0 unspecified atom stereocenters. The Bertz CT molecular complexity index is 387. The first-order chi connectivity index (χ1) is 7.63. The predicted octanol–water partition coefficient (Wildman–Crippen LogP) is 2.16. The first-order valence-corrected chi connectivity index (χ1v) is 5.38. The number of hydrogen-bond acceptors (Lipinski definition) is 5. The molecule has 16 heavy (non-hydrogen) atoms. The molecule has 1 rings (SSSR count). The van der Waals surface area contributed by atoms with Crippen LogP contribution in [0.25, 0.3) is 0 Å². The zero-order chi connectivity index (χ0) is 12.0. The van der Waals surface area contributed by atoms with Gasteiger partial charge in [-0.2, -0.15) is 0 Å². The molecule has 5 heteroatoms. The summed E-state index contributed by atoms with van der Waals surface area (Å²) in [4.78, 5) is 21.9. The Hall–Kier alpha value is -1.52. The Labute approximate surface area is 93.4 Å². The van der Waals surface area contributed by atoms with Gasteiger partial charge in [0.1, 0.15) is 0 Å². The van der Waals surface area contributed by atoms with Crippen molar-refractivity contribution in [3.63, 3.8) is 0 Å². The Morgan fingerprint density at radius 2 is 2.06 bits per heavy atom. The molecule has 5 nitrogen and oxygen atoms in total. The van der Waals surface area contributed by atoms with Gasteiger partial charge in [0.2, 0.25) is 0 Å². The van der Waals surface area contributed by atoms with E-state index in [1.807, 2.05) is 0 Å². The zero-order valence-electron chi connectivity index (χ0n) is 9.58. The third-order valence-electron chi connectivity index (χ3n) is 2.18. The fraction of sp³-hybridized carbons (Fsp3) is 0.636. The molecule has 0 saturated carbocycles. The predicted molar refractivity (Wildman–Crippen MR) is 55.9 cm³/mol. The molecule has 0 aliphatic heterocycles. The van der Waals surface area contributed by atoms with Gasteiger partial charge in [-0.3, -0.25) is 4.79 Å². The van der Waals surface area contributed by atoms with Crippen LogP contribution in [-0.2, 0) is 16.1 Å². The van der Waals surface area contributed by atoms with Crippen molar-refractivity contribution in [2.75, 3.05) is 0 Å². The van der Waals surface area contributed by atoms with Gasteiger partial charge < -0.3 is 13.6 Å². The molecule has 0 radical (unpaired) electrons. The number of unbranched alkanes of at least 4 members (excludes halogenated alkanes) is 2. The molecule has 0 N–H and O–H groups in total. The van der Waals surface area contributed by atoms with Crippen LogP contribution >= 0.6 is 0 Å². The second-order valence-corrected chi connectivity index (χ2v) is 3.55. The number of carbonyl (C=O) groups is 1. The summed E-state index contributed by atoms with van der Waals surface area (Å²) in [6.45, 7) is 3.61. The van der Waals surface area contributed by atoms with E-state index in [-0.39, 0.29) is 18.3 Å². The van der Waals surface area contributed by atoms with E-state index in [2.05, 4.69) is 11.3 Å². The molecule has 1 heterocycles. The molecule has 0 atom stereocenters. The third kappa shape index (κ3) is 3.92. The van der Waals surface area contributed by atoms with Crippen LogP contribution in [0.15, 0.2) is 13.6 Å². The maximum absolute atomic E-state index is 11.2. The maximum Gasteiger partial charge on any atom is 0.519 e. The van der Waals surface area contributed by atoms with E-state index in [9.17, 15) is 9.59 Å². The molecule has 0 aromatic carbocycles. The van der Waals surface area contributed by atoms with Crippen LogP contribution in [0.5, 0.6) is 0 Å². The molecule has 0 amide bonds. The van der Waals surface area contributed by atoms with Gasteiger partial charge >= 0.3 is 11.8 Å². The van der Waals surface area contributed by atoms with Crippen molar-refractivity contribution in [1.29, 1.82) is 0 Å². The second-order valence-electron chi connectivity index (χ2n) is 3.55. The number of hydrogen-bond donors (Lipinski definition) is 0. The van der Waals surface area contributed by atoms with Gasteiger partial charge in [0.15, 0.2) is 18.1 Å². The summed E-state index contributed by atoms with van der Waals surface area (Å²) in [6.07, 6.45) is 3.29. The molecule has 90 valence electrons. The van der Waals surface area contributed by atoms with Crippen molar-refractivity contribution in [2.24, 2.45) is 0 Å². The summed E-state index contributed by atoms with van der Waals surface area (Å²) >= 11 is 0. The Morgan fingerprint density at radius 3 is 2.62 bits per heavy atom. The minimum Gasteiger partial charge on any atom is -0.457 e. The minimum atomic E-state index is -0.769. The number of rotatable bonds is 6. The Kier molecular flexibility index (Phi) is 4.82. The molecule has 0 saturated heterocycles. The molecule has 0 spiro atoms. The normalized spacial score (nSPS) is 10.4. The van der Waals surface area contributed by atoms with E-state index in [1.165, 1.54) is 0 Å². The van der Waals surface area contributed by atoms with Crippen molar-refractivity contribution >= 4 is 5.97 Å². The molecular formula is C11H16O5. The average Bonchev–Trinajstić information content (AvgIpc) is 2.55. The number of ether oxygens (including phenoxy) is 1. The van der Waals surface area contributed by atoms with E-state index >= 15 is 0 Å². The molecule has 0 aliphatic rings. The first kappa shape index (κ1) is 12.5. The highest BCUT2D eigenvalue weighted by atomic mass is 16.6. The summed E-state index contributed by atoms with van der Waals surface area (Å²) < 4.78 is 14.3. The van der Waals surface area contributed by atoms with E-state index in [1.54, 1.807) is 6.92 Å². The van der Waals surface area contributed by atoms with E-state index in [0.29, 0.717) is 12.2 Å². The summed E-state index contributed by atoms with van der Waals surface area (Å²) in [6, 6.07) is 0. The first-order valence-electron chi connectivity index (χ1n) is 5.38. The highest BCUT2D eigenvalue weighted by Gasteiger charge is 2.10. The van der Waals surface area contributed by atoms with E-state index in [0.717, 1.165) is 19.3 Å². The van der Waals surface area contributed by atoms with Crippen molar-refractivity contribution in [2.45, 2.75) is 46.1 Å². The van der Waals surface area contributed by atoms with Crippen LogP contribution in [0, 0.1) is 6.92 Å². The molecule has 0 fully saturated rings. The zero-order valence-corrected chi connectivity index (χ0v) is 9.58. The average molecular weight is 228 g/mol. The molecule has 1 aromatic heterocycles. The van der Waals surface area contributed by atoms with Crippen molar-refractivity contribution < 1.29 is 18.4 Å². The third-order valence-corrected chi connectivity index (χ3v) is 2.18. The lowest BCUT2D eigenvalue weighted by Crippen LogP contribution is -2.04. The van der Waals surface area contributed by atoms with Crippen LogP contribution in [0.3, 0.4) is 0 Å². The highest BCUT2D eigenvalue weighted by Crippen LogP contribution is 2.08. The SMILES string of the molecule is CCCCCC(=O)OCc1oc(=O)oc1C. The van der Waals surface area contributed by atoms with Gasteiger partial charge in [-0.15, -0.1) is 0 Å². The topological polar surface area (TPSA) is 69.7 Å². The van der Waals surface area contributed by atoms with Crippen LogP contribution in [0.1, 0.15) is 44.1 Å².